The van der Waals surface area contributed by atoms with Gasteiger partial charge in [0, 0.05) is 25.2 Å². The highest BCUT2D eigenvalue weighted by Crippen LogP contribution is 2.27. The van der Waals surface area contributed by atoms with Gasteiger partial charge in [-0.15, -0.1) is 0 Å². The quantitative estimate of drug-likeness (QED) is 0.571. The van der Waals surface area contributed by atoms with Gasteiger partial charge in [-0.25, -0.2) is 0 Å². The molecule has 1 saturated heterocycles. The van der Waals surface area contributed by atoms with Crippen molar-refractivity contribution in [3.63, 3.8) is 0 Å². The number of hydrogen-bond acceptors (Lipinski definition) is 3. The summed E-state index contributed by atoms with van der Waals surface area (Å²) in [6.45, 7) is 2.00. The molecular weight excluding hydrogens is 360 g/mol. The summed E-state index contributed by atoms with van der Waals surface area (Å²) in [5, 5.41) is 9.74. The van der Waals surface area contributed by atoms with Crippen LogP contribution in [-0.4, -0.2) is 24.1 Å². The number of hydrogen-bond donors (Lipinski definition) is 1. The molecule has 156 valence electrons. The van der Waals surface area contributed by atoms with Crippen LogP contribution >= 0.6 is 0 Å². The zero-order valence-corrected chi connectivity index (χ0v) is 17.4. The van der Waals surface area contributed by atoms with E-state index in [1.807, 2.05) is 30.3 Å². The monoisotopic (exact) mass is 394 g/mol. The maximum atomic E-state index is 11.5. The molecule has 0 aromatic heterocycles. The molecule has 3 aliphatic rings. The Bertz CT molecular complexity index is 756. The maximum Gasteiger partial charge on any atom is 0.163 e. The number of rotatable bonds is 0. The number of Topliss-reactive ketones (excluding diaryl/α,β-unsaturated/α-hetero) is 1. The summed E-state index contributed by atoms with van der Waals surface area (Å²) >= 11 is 0. The van der Waals surface area contributed by atoms with Crippen LogP contribution in [0.25, 0.3) is 0 Å². The van der Waals surface area contributed by atoms with E-state index in [2.05, 4.69) is 18.2 Å². The lowest BCUT2D eigenvalue weighted by Crippen LogP contribution is -1.98. The molecule has 1 heterocycles. The van der Waals surface area contributed by atoms with E-state index in [-0.39, 0.29) is 6.10 Å². The second kappa shape index (κ2) is 11.9. The van der Waals surface area contributed by atoms with Crippen molar-refractivity contribution in [3.05, 3.63) is 70.8 Å². The minimum atomic E-state index is -0.219. The average Bonchev–Trinajstić information content (AvgIpc) is 3.23. The van der Waals surface area contributed by atoms with Crippen molar-refractivity contribution < 1.29 is 14.6 Å². The highest BCUT2D eigenvalue weighted by Gasteiger charge is 2.15. The summed E-state index contributed by atoms with van der Waals surface area (Å²) in [6, 6.07) is 16.2. The summed E-state index contributed by atoms with van der Waals surface area (Å²) in [4.78, 5) is 11.5. The van der Waals surface area contributed by atoms with Gasteiger partial charge in [-0.2, -0.15) is 0 Å². The largest absolute Gasteiger partial charge is 0.388 e. The summed E-state index contributed by atoms with van der Waals surface area (Å²) in [7, 11) is 0. The van der Waals surface area contributed by atoms with Gasteiger partial charge < -0.3 is 9.84 Å². The standard InChI is InChI=1S/C11H14O.C11H12O.C4H8O/c2*12-11-8-4-2-6-9-5-1-3-7-10(9)11;1-2-4-5-3-1/h1,3,5,7,11-12H,2,4,6,8H2;1,3,5,7H,2,4,6,8H2;1-4H2. The number of benzene rings is 2. The molecule has 2 aromatic rings. The van der Waals surface area contributed by atoms with Crippen molar-refractivity contribution in [1.82, 2.24) is 0 Å². The first-order valence-corrected chi connectivity index (χ1v) is 11.2. The minimum absolute atomic E-state index is 0.219. The molecule has 0 saturated carbocycles. The Morgan fingerprint density at radius 3 is 2.10 bits per heavy atom. The number of aryl methyl sites for hydroxylation is 2. The summed E-state index contributed by atoms with van der Waals surface area (Å²) < 4.78 is 4.94. The van der Waals surface area contributed by atoms with Crippen molar-refractivity contribution in [2.75, 3.05) is 13.2 Å². The van der Waals surface area contributed by atoms with E-state index in [1.165, 1.54) is 30.4 Å². The van der Waals surface area contributed by atoms with Crippen molar-refractivity contribution in [3.8, 4) is 0 Å². The van der Waals surface area contributed by atoms with E-state index < -0.39 is 0 Å². The van der Waals surface area contributed by atoms with Crippen molar-refractivity contribution in [1.29, 1.82) is 0 Å². The van der Waals surface area contributed by atoms with Crippen molar-refractivity contribution in [2.24, 2.45) is 0 Å². The van der Waals surface area contributed by atoms with Gasteiger partial charge >= 0.3 is 0 Å². The van der Waals surface area contributed by atoms with Crippen LogP contribution < -0.4 is 0 Å². The van der Waals surface area contributed by atoms with Gasteiger partial charge in [-0.05, 0) is 68.1 Å². The lowest BCUT2D eigenvalue weighted by molar-refractivity contribution is 0.0982. The number of fused-ring (bicyclic) bond motifs is 2. The number of aliphatic hydroxyl groups excluding tert-OH is 1. The molecule has 1 fully saturated rings. The molecule has 0 bridgehead atoms. The minimum Gasteiger partial charge on any atom is -0.388 e. The third kappa shape index (κ3) is 6.80. The zero-order chi connectivity index (χ0) is 20.3. The predicted octanol–water partition coefficient (Wildman–Crippen LogP) is 5.84. The Morgan fingerprint density at radius 1 is 0.724 bits per heavy atom. The van der Waals surface area contributed by atoms with Crippen LogP contribution in [0.1, 0.15) is 84.5 Å². The Balaban J connectivity index is 0.000000135. The highest BCUT2D eigenvalue weighted by molar-refractivity contribution is 5.97. The molecule has 5 rings (SSSR count). The third-order valence-corrected chi connectivity index (χ3v) is 5.83. The fourth-order valence-corrected chi connectivity index (χ4v) is 4.15. The summed E-state index contributed by atoms with van der Waals surface area (Å²) in [5.74, 6) is 0.322. The number of carbonyl (C=O) groups is 1. The van der Waals surface area contributed by atoms with Crippen LogP contribution in [-0.2, 0) is 17.6 Å². The highest BCUT2D eigenvalue weighted by atomic mass is 16.5. The Labute approximate surface area is 175 Å². The SMILES string of the molecule is C1CCOC1.O=C1CCCCc2ccccc21.OC1CCCCc2ccccc21. The second-order valence-corrected chi connectivity index (χ2v) is 8.07. The third-order valence-electron chi connectivity index (χ3n) is 5.83. The topological polar surface area (TPSA) is 46.5 Å². The molecular formula is C26H34O3. The predicted molar refractivity (Wildman–Crippen MR) is 117 cm³/mol. The number of ether oxygens (including phenoxy) is 1. The first kappa shape index (κ1) is 21.7. The Kier molecular flexibility index (Phi) is 8.91. The fourth-order valence-electron chi connectivity index (χ4n) is 4.15. The average molecular weight is 395 g/mol. The fraction of sp³-hybridized carbons (Fsp3) is 0.500. The first-order chi connectivity index (χ1) is 14.3. The molecule has 2 aliphatic carbocycles. The molecule has 1 N–H and O–H groups in total. The second-order valence-electron chi connectivity index (χ2n) is 8.07. The van der Waals surface area contributed by atoms with Gasteiger partial charge in [-0.1, -0.05) is 55.0 Å². The smallest absolute Gasteiger partial charge is 0.163 e. The lowest BCUT2D eigenvalue weighted by Gasteiger charge is -2.10. The summed E-state index contributed by atoms with van der Waals surface area (Å²) in [6.07, 6.45) is 10.8. The molecule has 1 aliphatic heterocycles. The summed E-state index contributed by atoms with van der Waals surface area (Å²) in [5.41, 5.74) is 4.67. The molecule has 0 radical (unpaired) electrons. The van der Waals surface area contributed by atoms with Crippen LogP contribution in [0, 0.1) is 0 Å². The van der Waals surface area contributed by atoms with Crippen LogP contribution in [0.2, 0.25) is 0 Å². The van der Waals surface area contributed by atoms with E-state index >= 15 is 0 Å². The molecule has 0 amide bonds. The normalized spacial score (nSPS) is 20.6. The molecule has 3 nitrogen and oxygen atoms in total. The lowest BCUT2D eigenvalue weighted by atomic mass is 10.0. The van der Waals surface area contributed by atoms with E-state index in [4.69, 9.17) is 4.74 Å². The van der Waals surface area contributed by atoms with Gasteiger partial charge in [0.25, 0.3) is 0 Å². The van der Waals surface area contributed by atoms with Gasteiger partial charge in [-0.3, -0.25) is 4.79 Å². The van der Waals surface area contributed by atoms with Crippen molar-refractivity contribution in [2.45, 2.75) is 70.3 Å². The van der Waals surface area contributed by atoms with E-state index in [0.717, 1.165) is 69.3 Å². The molecule has 29 heavy (non-hydrogen) atoms. The number of aliphatic hydroxyl groups is 1. The van der Waals surface area contributed by atoms with Crippen molar-refractivity contribution >= 4 is 5.78 Å². The molecule has 1 unspecified atom stereocenters. The molecule has 3 heteroatoms. The van der Waals surface area contributed by atoms with Crippen LogP contribution in [0.5, 0.6) is 0 Å². The number of ketones is 1. The van der Waals surface area contributed by atoms with E-state index in [0.29, 0.717) is 5.78 Å². The molecule has 1 atom stereocenters. The Morgan fingerprint density at radius 2 is 1.34 bits per heavy atom. The first-order valence-electron chi connectivity index (χ1n) is 11.2. The Hall–Kier alpha value is -1.97. The zero-order valence-electron chi connectivity index (χ0n) is 17.4. The molecule has 2 aromatic carbocycles. The maximum absolute atomic E-state index is 11.5. The van der Waals surface area contributed by atoms with Crippen LogP contribution in [0.3, 0.4) is 0 Å². The molecule has 0 spiro atoms. The van der Waals surface area contributed by atoms with E-state index in [9.17, 15) is 9.90 Å². The van der Waals surface area contributed by atoms with Gasteiger partial charge in [0.15, 0.2) is 5.78 Å². The van der Waals surface area contributed by atoms with Gasteiger partial charge in [0.2, 0.25) is 0 Å². The van der Waals surface area contributed by atoms with Gasteiger partial charge in [0.1, 0.15) is 0 Å². The van der Waals surface area contributed by atoms with Crippen LogP contribution in [0.15, 0.2) is 48.5 Å². The van der Waals surface area contributed by atoms with Gasteiger partial charge in [0.05, 0.1) is 6.10 Å². The number of carbonyl (C=O) groups excluding carboxylic acids is 1. The van der Waals surface area contributed by atoms with E-state index in [1.54, 1.807) is 0 Å². The van der Waals surface area contributed by atoms with Crippen LogP contribution in [0.4, 0.5) is 0 Å².